The Balaban J connectivity index is 1.98. The van der Waals surface area contributed by atoms with Gasteiger partial charge in [0.25, 0.3) is 5.91 Å². The standard InChI is InChI=1S/C24H23NO3/c1-18-10-6-7-13-20(18)17-25(16-19-11-4-3-5-12-19)23(26)21-14-8-9-15-22(21)24(27)28-2/h3-15H,16-17H2,1-2H3. The summed E-state index contributed by atoms with van der Waals surface area (Å²) >= 11 is 0. The number of hydrogen-bond donors (Lipinski definition) is 0. The number of ether oxygens (including phenoxy) is 1. The van der Waals surface area contributed by atoms with Crippen LogP contribution in [0, 0.1) is 6.92 Å². The van der Waals surface area contributed by atoms with E-state index in [0.29, 0.717) is 18.7 Å². The van der Waals surface area contributed by atoms with Crippen LogP contribution in [-0.4, -0.2) is 23.9 Å². The quantitative estimate of drug-likeness (QED) is 0.592. The number of rotatable bonds is 6. The van der Waals surface area contributed by atoms with E-state index in [1.54, 1.807) is 29.2 Å². The third-order valence-corrected chi connectivity index (χ3v) is 4.69. The fourth-order valence-electron chi connectivity index (χ4n) is 3.12. The van der Waals surface area contributed by atoms with Crippen LogP contribution in [0.5, 0.6) is 0 Å². The lowest BCUT2D eigenvalue weighted by Gasteiger charge is -2.25. The fourth-order valence-corrected chi connectivity index (χ4v) is 3.12. The highest BCUT2D eigenvalue weighted by Crippen LogP contribution is 2.19. The lowest BCUT2D eigenvalue weighted by molar-refractivity contribution is 0.0588. The molecule has 0 aliphatic carbocycles. The highest BCUT2D eigenvalue weighted by Gasteiger charge is 2.23. The number of carbonyl (C=O) groups excluding carboxylic acids is 2. The molecule has 4 heteroatoms. The zero-order valence-electron chi connectivity index (χ0n) is 16.1. The van der Waals surface area contributed by atoms with E-state index in [-0.39, 0.29) is 11.5 Å². The maximum absolute atomic E-state index is 13.4. The lowest BCUT2D eigenvalue weighted by Crippen LogP contribution is -2.31. The van der Waals surface area contributed by atoms with E-state index in [2.05, 4.69) is 0 Å². The number of methoxy groups -OCH3 is 1. The van der Waals surface area contributed by atoms with Crippen LogP contribution in [0.3, 0.4) is 0 Å². The Kier molecular flexibility index (Phi) is 6.22. The van der Waals surface area contributed by atoms with E-state index in [9.17, 15) is 9.59 Å². The molecule has 0 heterocycles. The first-order valence-corrected chi connectivity index (χ1v) is 9.15. The van der Waals surface area contributed by atoms with Gasteiger partial charge in [-0.1, -0.05) is 66.7 Å². The van der Waals surface area contributed by atoms with Crippen molar-refractivity contribution < 1.29 is 14.3 Å². The van der Waals surface area contributed by atoms with E-state index in [0.717, 1.165) is 16.7 Å². The molecule has 0 aliphatic rings. The van der Waals surface area contributed by atoms with Gasteiger partial charge in [-0.15, -0.1) is 0 Å². The highest BCUT2D eigenvalue weighted by atomic mass is 16.5. The highest BCUT2D eigenvalue weighted by molar-refractivity contribution is 6.05. The fraction of sp³-hybridized carbons (Fsp3) is 0.167. The normalized spacial score (nSPS) is 10.4. The molecule has 0 saturated carbocycles. The van der Waals surface area contributed by atoms with E-state index in [1.807, 2.05) is 61.5 Å². The first-order valence-electron chi connectivity index (χ1n) is 9.15. The first kappa shape index (κ1) is 19.4. The van der Waals surface area contributed by atoms with Crippen LogP contribution in [0.15, 0.2) is 78.9 Å². The summed E-state index contributed by atoms with van der Waals surface area (Å²) in [5.74, 6) is -0.715. The van der Waals surface area contributed by atoms with Crippen molar-refractivity contribution in [2.75, 3.05) is 7.11 Å². The van der Waals surface area contributed by atoms with Crippen molar-refractivity contribution in [3.8, 4) is 0 Å². The topological polar surface area (TPSA) is 46.6 Å². The third-order valence-electron chi connectivity index (χ3n) is 4.69. The molecule has 0 N–H and O–H groups in total. The molecule has 28 heavy (non-hydrogen) atoms. The number of amides is 1. The molecular weight excluding hydrogens is 350 g/mol. The van der Waals surface area contributed by atoms with Crippen LogP contribution in [0.1, 0.15) is 37.4 Å². The Bertz CT molecular complexity index is 966. The smallest absolute Gasteiger partial charge is 0.338 e. The Labute approximate surface area is 165 Å². The molecule has 0 unspecified atom stereocenters. The van der Waals surface area contributed by atoms with Gasteiger partial charge in [0.2, 0.25) is 0 Å². The predicted octanol–water partition coefficient (Wildman–Crippen LogP) is 4.62. The second-order valence-electron chi connectivity index (χ2n) is 6.61. The van der Waals surface area contributed by atoms with Gasteiger partial charge >= 0.3 is 5.97 Å². The van der Waals surface area contributed by atoms with Gasteiger partial charge in [0.05, 0.1) is 18.2 Å². The number of nitrogens with zero attached hydrogens (tertiary/aromatic N) is 1. The van der Waals surface area contributed by atoms with Crippen LogP contribution in [0.4, 0.5) is 0 Å². The molecule has 3 aromatic carbocycles. The zero-order chi connectivity index (χ0) is 19.9. The second-order valence-corrected chi connectivity index (χ2v) is 6.61. The van der Waals surface area contributed by atoms with E-state index in [1.165, 1.54) is 7.11 Å². The molecule has 0 fully saturated rings. The maximum atomic E-state index is 13.4. The molecule has 142 valence electrons. The summed E-state index contributed by atoms with van der Waals surface area (Å²) in [6, 6.07) is 24.6. The molecule has 3 rings (SSSR count). The maximum Gasteiger partial charge on any atom is 0.338 e. The van der Waals surface area contributed by atoms with Crippen molar-refractivity contribution in [2.24, 2.45) is 0 Å². The summed E-state index contributed by atoms with van der Waals surface area (Å²) in [7, 11) is 1.32. The number of hydrogen-bond acceptors (Lipinski definition) is 3. The van der Waals surface area contributed by atoms with Gasteiger partial charge in [-0.2, -0.15) is 0 Å². The largest absolute Gasteiger partial charge is 0.465 e. The van der Waals surface area contributed by atoms with E-state index >= 15 is 0 Å². The van der Waals surface area contributed by atoms with Crippen molar-refractivity contribution in [3.63, 3.8) is 0 Å². The molecule has 0 bridgehead atoms. The molecule has 4 nitrogen and oxygen atoms in total. The minimum Gasteiger partial charge on any atom is -0.465 e. The monoisotopic (exact) mass is 373 g/mol. The van der Waals surface area contributed by atoms with Crippen molar-refractivity contribution in [3.05, 3.63) is 107 Å². The molecule has 0 aliphatic heterocycles. The van der Waals surface area contributed by atoms with Gasteiger partial charge in [0, 0.05) is 13.1 Å². The van der Waals surface area contributed by atoms with Crippen LogP contribution in [-0.2, 0) is 17.8 Å². The average Bonchev–Trinajstić information content (AvgIpc) is 2.74. The summed E-state index contributed by atoms with van der Waals surface area (Å²) in [4.78, 5) is 27.3. The summed E-state index contributed by atoms with van der Waals surface area (Å²) in [5.41, 5.74) is 3.84. The van der Waals surface area contributed by atoms with Gasteiger partial charge < -0.3 is 9.64 Å². The van der Waals surface area contributed by atoms with Crippen molar-refractivity contribution >= 4 is 11.9 Å². The number of benzene rings is 3. The summed E-state index contributed by atoms with van der Waals surface area (Å²) in [6.07, 6.45) is 0. The molecule has 0 saturated heterocycles. The lowest BCUT2D eigenvalue weighted by atomic mass is 10.0. The van der Waals surface area contributed by atoms with E-state index < -0.39 is 5.97 Å². The van der Waals surface area contributed by atoms with Crippen molar-refractivity contribution in [1.82, 2.24) is 4.90 Å². The number of esters is 1. The van der Waals surface area contributed by atoms with Gasteiger partial charge in [0.15, 0.2) is 0 Å². The van der Waals surface area contributed by atoms with E-state index in [4.69, 9.17) is 4.74 Å². The summed E-state index contributed by atoms with van der Waals surface area (Å²) < 4.78 is 4.85. The summed E-state index contributed by atoms with van der Waals surface area (Å²) in [6.45, 7) is 2.93. The SMILES string of the molecule is COC(=O)c1ccccc1C(=O)N(Cc1ccccc1)Cc1ccccc1C. The second kappa shape index (κ2) is 9.00. The molecule has 0 radical (unpaired) electrons. The van der Waals surface area contributed by atoms with Crippen molar-refractivity contribution in [2.45, 2.75) is 20.0 Å². The molecule has 1 amide bonds. The van der Waals surface area contributed by atoms with Crippen molar-refractivity contribution in [1.29, 1.82) is 0 Å². The Morgan fingerprint density at radius 1 is 0.786 bits per heavy atom. The van der Waals surface area contributed by atoms with Gasteiger partial charge in [-0.3, -0.25) is 4.79 Å². The molecule has 3 aromatic rings. The zero-order valence-corrected chi connectivity index (χ0v) is 16.1. The minimum absolute atomic E-state index is 0.201. The predicted molar refractivity (Wildman–Crippen MR) is 109 cm³/mol. The molecule has 0 aromatic heterocycles. The Morgan fingerprint density at radius 3 is 2.07 bits per heavy atom. The van der Waals surface area contributed by atoms with Gasteiger partial charge in [0.1, 0.15) is 0 Å². The van der Waals surface area contributed by atoms with Gasteiger partial charge in [-0.05, 0) is 35.7 Å². The summed E-state index contributed by atoms with van der Waals surface area (Å²) in [5, 5.41) is 0. The average molecular weight is 373 g/mol. The van der Waals surface area contributed by atoms with Crippen LogP contribution >= 0.6 is 0 Å². The molecule has 0 spiro atoms. The number of carbonyl (C=O) groups is 2. The number of aryl methyl sites for hydroxylation is 1. The first-order chi connectivity index (χ1) is 13.6. The van der Waals surface area contributed by atoms with Crippen LogP contribution < -0.4 is 0 Å². The Morgan fingerprint density at radius 2 is 1.39 bits per heavy atom. The Hall–Kier alpha value is -3.40. The molecule has 0 atom stereocenters. The van der Waals surface area contributed by atoms with Crippen LogP contribution in [0.25, 0.3) is 0 Å². The van der Waals surface area contributed by atoms with Gasteiger partial charge in [-0.25, -0.2) is 4.79 Å². The molecular formula is C24H23NO3. The third kappa shape index (κ3) is 4.46. The van der Waals surface area contributed by atoms with Crippen LogP contribution in [0.2, 0.25) is 0 Å². The minimum atomic E-state index is -0.514.